The molecular weight excluding hydrogens is 175 g/mol. The zero-order chi connectivity index (χ0) is 9.14. The van der Waals surface area contributed by atoms with Gasteiger partial charge in [0, 0.05) is 5.88 Å². The molecular formula is C10H10ClF. The van der Waals surface area contributed by atoms with Gasteiger partial charge >= 0.3 is 0 Å². The van der Waals surface area contributed by atoms with Crippen molar-refractivity contribution < 1.29 is 4.39 Å². The summed E-state index contributed by atoms with van der Waals surface area (Å²) in [5.41, 5.74) is 2.41. The highest BCUT2D eigenvalue weighted by Crippen LogP contribution is 2.16. The van der Waals surface area contributed by atoms with E-state index < -0.39 is 0 Å². The van der Waals surface area contributed by atoms with Crippen molar-refractivity contribution in [2.24, 2.45) is 0 Å². The van der Waals surface area contributed by atoms with E-state index in [0.717, 1.165) is 16.7 Å². The summed E-state index contributed by atoms with van der Waals surface area (Å²) in [5.74, 6) is 0.0966. The summed E-state index contributed by atoms with van der Waals surface area (Å²) in [7, 11) is 0. The molecule has 0 unspecified atom stereocenters. The lowest BCUT2D eigenvalue weighted by molar-refractivity contribution is 0.626. The first-order valence-electron chi connectivity index (χ1n) is 3.65. The van der Waals surface area contributed by atoms with Crippen LogP contribution in [0.1, 0.15) is 11.1 Å². The molecule has 0 bridgehead atoms. The number of allylic oxidation sites excluding steroid dienone is 1. The van der Waals surface area contributed by atoms with Gasteiger partial charge in [0.15, 0.2) is 0 Å². The molecule has 0 N–H and O–H groups in total. The van der Waals surface area contributed by atoms with Gasteiger partial charge in [-0.1, -0.05) is 12.6 Å². The standard InChI is InChI=1S/C10H10ClF/c1-7-3-9(8(2)6-11)5-10(12)4-7/h3-5H,2,6H2,1H3. The Balaban J connectivity index is 3.08. The summed E-state index contributed by atoms with van der Waals surface area (Å²) >= 11 is 5.57. The first-order chi connectivity index (χ1) is 5.63. The Bertz CT molecular complexity index is 284. The number of halogens is 2. The third-order valence-corrected chi connectivity index (χ3v) is 1.93. The van der Waals surface area contributed by atoms with Crippen LogP contribution >= 0.6 is 11.6 Å². The number of hydrogen-bond acceptors (Lipinski definition) is 0. The third kappa shape index (κ3) is 2.08. The van der Waals surface area contributed by atoms with Crippen molar-refractivity contribution in [3.8, 4) is 0 Å². The topological polar surface area (TPSA) is 0 Å². The van der Waals surface area contributed by atoms with Gasteiger partial charge in [-0.2, -0.15) is 0 Å². The van der Waals surface area contributed by atoms with Crippen LogP contribution in [0.2, 0.25) is 0 Å². The summed E-state index contributed by atoms with van der Waals surface area (Å²) in [6.07, 6.45) is 0. The second-order valence-electron chi connectivity index (χ2n) is 2.75. The van der Waals surface area contributed by atoms with Crippen molar-refractivity contribution >= 4 is 17.2 Å². The van der Waals surface area contributed by atoms with Crippen LogP contribution in [-0.4, -0.2) is 5.88 Å². The van der Waals surface area contributed by atoms with Crippen LogP contribution < -0.4 is 0 Å². The van der Waals surface area contributed by atoms with Crippen molar-refractivity contribution in [1.82, 2.24) is 0 Å². The van der Waals surface area contributed by atoms with E-state index in [1.807, 2.05) is 13.0 Å². The van der Waals surface area contributed by atoms with Crippen LogP contribution in [0.15, 0.2) is 24.8 Å². The maximum Gasteiger partial charge on any atom is 0.124 e. The van der Waals surface area contributed by atoms with E-state index in [0.29, 0.717) is 5.88 Å². The molecule has 1 aromatic rings. The molecule has 0 nitrogen and oxygen atoms in total. The fourth-order valence-electron chi connectivity index (χ4n) is 1.02. The maximum atomic E-state index is 12.8. The van der Waals surface area contributed by atoms with E-state index in [2.05, 4.69) is 6.58 Å². The molecule has 0 saturated heterocycles. The fraction of sp³-hybridized carbons (Fsp3) is 0.200. The van der Waals surface area contributed by atoms with Gasteiger partial charge in [-0.15, -0.1) is 11.6 Å². The Morgan fingerprint density at radius 1 is 1.50 bits per heavy atom. The largest absolute Gasteiger partial charge is 0.207 e. The molecule has 12 heavy (non-hydrogen) atoms. The van der Waals surface area contributed by atoms with Gasteiger partial charge in [-0.3, -0.25) is 0 Å². The molecule has 0 fully saturated rings. The number of aryl methyl sites for hydroxylation is 1. The number of hydrogen-bond donors (Lipinski definition) is 0. The van der Waals surface area contributed by atoms with E-state index in [9.17, 15) is 4.39 Å². The quantitative estimate of drug-likeness (QED) is 0.619. The van der Waals surface area contributed by atoms with Gasteiger partial charge in [0.1, 0.15) is 5.82 Å². The molecule has 0 aliphatic heterocycles. The van der Waals surface area contributed by atoms with Gasteiger partial charge in [0.2, 0.25) is 0 Å². The minimum absolute atomic E-state index is 0.240. The molecule has 0 spiro atoms. The molecule has 64 valence electrons. The normalized spacial score (nSPS) is 9.92. The van der Waals surface area contributed by atoms with Crippen LogP contribution in [0.25, 0.3) is 5.57 Å². The summed E-state index contributed by atoms with van der Waals surface area (Å²) in [6, 6.07) is 4.79. The summed E-state index contributed by atoms with van der Waals surface area (Å²) in [6.45, 7) is 5.57. The predicted molar refractivity (Wildman–Crippen MR) is 50.9 cm³/mol. The summed E-state index contributed by atoms with van der Waals surface area (Å²) < 4.78 is 12.8. The summed E-state index contributed by atoms with van der Waals surface area (Å²) in [4.78, 5) is 0. The first-order valence-corrected chi connectivity index (χ1v) is 4.18. The second kappa shape index (κ2) is 3.72. The SMILES string of the molecule is C=C(CCl)c1cc(C)cc(F)c1. The van der Waals surface area contributed by atoms with Crippen molar-refractivity contribution in [1.29, 1.82) is 0 Å². The van der Waals surface area contributed by atoms with Crippen molar-refractivity contribution in [3.05, 3.63) is 41.7 Å². The van der Waals surface area contributed by atoms with Gasteiger partial charge < -0.3 is 0 Å². The lowest BCUT2D eigenvalue weighted by Gasteiger charge is -2.03. The molecule has 0 radical (unpaired) electrons. The van der Waals surface area contributed by atoms with Gasteiger partial charge in [0.05, 0.1) is 0 Å². The van der Waals surface area contributed by atoms with Crippen LogP contribution in [0, 0.1) is 12.7 Å². The number of benzene rings is 1. The fourth-order valence-corrected chi connectivity index (χ4v) is 1.17. The molecule has 0 saturated carbocycles. The number of rotatable bonds is 2. The molecule has 0 aliphatic carbocycles. The molecule has 1 rings (SSSR count). The third-order valence-electron chi connectivity index (χ3n) is 1.61. The lowest BCUT2D eigenvalue weighted by atomic mass is 10.1. The monoisotopic (exact) mass is 184 g/mol. The Morgan fingerprint density at radius 3 is 2.67 bits per heavy atom. The number of alkyl halides is 1. The van der Waals surface area contributed by atoms with Gasteiger partial charge in [-0.25, -0.2) is 4.39 Å². The Kier molecular flexibility index (Phi) is 2.88. The van der Waals surface area contributed by atoms with Crippen molar-refractivity contribution in [2.45, 2.75) is 6.92 Å². The zero-order valence-corrected chi connectivity index (χ0v) is 7.66. The van der Waals surface area contributed by atoms with Crippen LogP contribution in [0.4, 0.5) is 4.39 Å². The minimum Gasteiger partial charge on any atom is -0.207 e. The Labute approximate surface area is 76.7 Å². The smallest absolute Gasteiger partial charge is 0.124 e. The van der Waals surface area contributed by atoms with Crippen LogP contribution in [-0.2, 0) is 0 Å². The van der Waals surface area contributed by atoms with Crippen molar-refractivity contribution in [2.75, 3.05) is 5.88 Å². The van der Waals surface area contributed by atoms with E-state index in [4.69, 9.17) is 11.6 Å². The van der Waals surface area contributed by atoms with E-state index in [-0.39, 0.29) is 5.82 Å². The molecule has 0 aromatic heterocycles. The van der Waals surface area contributed by atoms with E-state index in [1.54, 1.807) is 0 Å². The molecule has 1 aromatic carbocycles. The highest BCUT2D eigenvalue weighted by atomic mass is 35.5. The average Bonchev–Trinajstić information content (AvgIpc) is 2.01. The van der Waals surface area contributed by atoms with Crippen LogP contribution in [0.5, 0.6) is 0 Å². The molecule has 0 aliphatic rings. The van der Waals surface area contributed by atoms with Gasteiger partial charge in [0.25, 0.3) is 0 Å². The Hall–Kier alpha value is -0.820. The lowest BCUT2D eigenvalue weighted by Crippen LogP contribution is -1.87. The highest BCUT2D eigenvalue weighted by molar-refractivity contribution is 6.23. The zero-order valence-electron chi connectivity index (χ0n) is 6.90. The highest BCUT2D eigenvalue weighted by Gasteiger charge is 2.00. The Morgan fingerprint density at radius 2 is 2.17 bits per heavy atom. The predicted octanol–water partition coefficient (Wildman–Crippen LogP) is 3.39. The molecule has 0 heterocycles. The molecule has 2 heteroatoms. The first kappa shape index (κ1) is 9.27. The van der Waals surface area contributed by atoms with Crippen LogP contribution in [0.3, 0.4) is 0 Å². The molecule has 0 atom stereocenters. The van der Waals surface area contributed by atoms with E-state index in [1.165, 1.54) is 12.1 Å². The second-order valence-corrected chi connectivity index (χ2v) is 3.02. The maximum absolute atomic E-state index is 12.8. The average molecular weight is 185 g/mol. The molecule has 0 amide bonds. The summed E-state index contributed by atoms with van der Waals surface area (Å²) in [5, 5.41) is 0. The van der Waals surface area contributed by atoms with Crippen molar-refractivity contribution in [3.63, 3.8) is 0 Å². The van der Waals surface area contributed by atoms with Gasteiger partial charge in [-0.05, 0) is 35.8 Å². The van der Waals surface area contributed by atoms with E-state index >= 15 is 0 Å². The minimum atomic E-state index is -0.240.